The number of amides is 1. The standard InChI is InChI=1S/C14H18ClN3O3/c1-2-12-10(5-6-21-12)14(19)17-11-7-8(15)3-4-9(11)13(16)18-20/h3-4,7,10,12,20H,2,5-6H2,1H3,(H2,16,18)(H,17,19). The number of oxime groups is 1. The van der Waals surface area contributed by atoms with Gasteiger partial charge in [-0.2, -0.15) is 0 Å². The summed E-state index contributed by atoms with van der Waals surface area (Å²) in [4.78, 5) is 12.4. The van der Waals surface area contributed by atoms with Crippen LogP contribution in [0.1, 0.15) is 25.3 Å². The van der Waals surface area contributed by atoms with Crippen LogP contribution in [0.15, 0.2) is 23.4 Å². The number of nitrogens with zero attached hydrogens (tertiary/aromatic N) is 1. The molecule has 1 aromatic rings. The van der Waals surface area contributed by atoms with Crippen molar-refractivity contribution < 1.29 is 14.7 Å². The molecule has 4 N–H and O–H groups in total. The van der Waals surface area contributed by atoms with Crippen LogP contribution in [0, 0.1) is 5.92 Å². The summed E-state index contributed by atoms with van der Waals surface area (Å²) in [5, 5.41) is 15.0. The Hall–Kier alpha value is -1.79. The van der Waals surface area contributed by atoms with E-state index < -0.39 is 0 Å². The quantitative estimate of drug-likeness (QED) is 0.343. The summed E-state index contributed by atoms with van der Waals surface area (Å²) >= 11 is 5.94. The Bertz CT molecular complexity index is 562. The molecule has 1 aliphatic heterocycles. The second-order valence-electron chi connectivity index (χ2n) is 4.88. The number of benzene rings is 1. The molecule has 0 aliphatic carbocycles. The van der Waals surface area contributed by atoms with E-state index in [9.17, 15) is 4.79 Å². The largest absolute Gasteiger partial charge is 0.409 e. The van der Waals surface area contributed by atoms with Crippen LogP contribution in [-0.2, 0) is 9.53 Å². The van der Waals surface area contributed by atoms with Gasteiger partial charge in [-0.25, -0.2) is 0 Å². The zero-order valence-electron chi connectivity index (χ0n) is 11.7. The van der Waals surface area contributed by atoms with Crippen molar-refractivity contribution in [1.82, 2.24) is 0 Å². The smallest absolute Gasteiger partial charge is 0.230 e. The van der Waals surface area contributed by atoms with E-state index in [2.05, 4.69) is 10.5 Å². The van der Waals surface area contributed by atoms with Crippen LogP contribution in [0.4, 0.5) is 5.69 Å². The number of hydrogen-bond donors (Lipinski definition) is 3. The van der Waals surface area contributed by atoms with Gasteiger partial charge in [0.1, 0.15) is 0 Å². The molecule has 21 heavy (non-hydrogen) atoms. The van der Waals surface area contributed by atoms with E-state index in [1.165, 1.54) is 0 Å². The third kappa shape index (κ3) is 3.46. The second kappa shape index (κ2) is 6.78. The number of halogens is 1. The van der Waals surface area contributed by atoms with Gasteiger partial charge in [-0.3, -0.25) is 4.79 Å². The lowest BCUT2D eigenvalue weighted by molar-refractivity contribution is -0.121. The summed E-state index contributed by atoms with van der Waals surface area (Å²) in [5.41, 5.74) is 6.45. The molecule has 0 bridgehead atoms. The van der Waals surface area contributed by atoms with Crippen LogP contribution in [0.25, 0.3) is 0 Å². The van der Waals surface area contributed by atoms with E-state index in [-0.39, 0.29) is 23.8 Å². The Morgan fingerprint density at radius 3 is 3.05 bits per heavy atom. The first-order chi connectivity index (χ1) is 10.1. The molecule has 6 nitrogen and oxygen atoms in total. The summed E-state index contributed by atoms with van der Waals surface area (Å²) < 4.78 is 5.52. The minimum atomic E-state index is -0.200. The average molecular weight is 312 g/mol. The predicted molar refractivity (Wildman–Crippen MR) is 80.7 cm³/mol. The van der Waals surface area contributed by atoms with Gasteiger partial charge in [0, 0.05) is 17.2 Å². The van der Waals surface area contributed by atoms with Crippen molar-refractivity contribution in [2.75, 3.05) is 11.9 Å². The van der Waals surface area contributed by atoms with Crippen molar-refractivity contribution in [3.8, 4) is 0 Å². The zero-order valence-corrected chi connectivity index (χ0v) is 12.4. The summed E-state index contributed by atoms with van der Waals surface area (Å²) in [6.07, 6.45) is 1.39. The van der Waals surface area contributed by atoms with Gasteiger partial charge in [-0.05, 0) is 31.0 Å². The Morgan fingerprint density at radius 1 is 1.62 bits per heavy atom. The Labute approximate surface area is 127 Å². The highest BCUT2D eigenvalue weighted by molar-refractivity contribution is 6.31. The summed E-state index contributed by atoms with van der Waals surface area (Å²) in [7, 11) is 0. The lowest BCUT2D eigenvalue weighted by atomic mass is 9.98. The molecule has 1 aliphatic rings. The van der Waals surface area contributed by atoms with E-state index in [0.29, 0.717) is 29.3 Å². The number of carbonyl (C=O) groups is 1. The Morgan fingerprint density at radius 2 is 2.38 bits per heavy atom. The lowest BCUT2D eigenvalue weighted by Crippen LogP contribution is -2.30. The molecule has 7 heteroatoms. The number of nitrogens with one attached hydrogen (secondary N) is 1. The van der Waals surface area contributed by atoms with Gasteiger partial charge in [0.25, 0.3) is 0 Å². The monoisotopic (exact) mass is 311 g/mol. The molecule has 0 spiro atoms. The molecule has 2 atom stereocenters. The van der Waals surface area contributed by atoms with Crippen molar-refractivity contribution in [3.05, 3.63) is 28.8 Å². The van der Waals surface area contributed by atoms with Crippen LogP contribution in [0.2, 0.25) is 5.02 Å². The van der Waals surface area contributed by atoms with Gasteiger partial charge < -0.3 is 21.0 Å². The fourth-order valence-corrected chi connectivity index (χ4v) is 2.65. The highest BCUT2D eigenvalue weighted by Crippen LogP contribution is 2.27. The molecular formula is C14H18ClN3O3. The summed E-state index contributed by atoms with van der Waals surface area (Å²) in [6, 6.07) is 4.77. The van der Waals surface area contributed by atoms with E-state index in [1.54, 1.807) is 18.2 Å². The summed E-state index contributed by atoms with van der Waals surface area (Å²) in [5.74, 6) is -0.431. The number of ether oxygens (including phenoxy) is 1. The van der Waals surface area contributed by atoms with Crippen molar-refractivity contribution >= 4 is 29.0 Å². The highest BCUT2D eigenvalue weighted by atomic mass is 35.5. The van der Waals surface area contributed by atoms with E-state index >= 15 is 0 Å². The fourth-order valence-electron chi connectivity index (χ4n) is 2.47. The predicted octanol–water partition coefficient (Wildman–Crippen LogP) is 2.19. The molecule has 0 aromatic heterocycles. The van der Waals surface area contributed by atoms with Crippen molar-refractivity contribution in [2.24, 2.45) is 16.8 Å². The number of anilines is 1. The number of rotatable bonds is 4. The molecule has 1 heterocycles. The van der Waals surface area contributed by atoms with E-state index in [4.69, 9.17) is 27.3 Å². The maximum atomic E-state index is 12.4. The maximum Gasteiger partial charge on any atom is 0.230 e. The minimum absolute atomic E-state index is 0.0727. The Balaban J connectivity index is 2.22. The molecule has 1 amide bonds. The van der Waals surface area contributed by atoms with Gasteiger partial charge in [0.15, 0.2) is 5.84 Å². The van der Waals surface area contributed by atoms with Gasteiger partial charge in [0.05, 0.1) is 17.7 Å². The van der Waals surface area contributed by atoms with Crippen LogP contribution < -0.4 is 11.1 Å². The number of nitrogens with two attached hydrogens (primary N) is 1. The number of hydrogen-bond acceptors (Lipinski definition) is 4. The molecule has 2 unspecified atom stereocenters. The van der Waals surface area contributed by atoms with Crippen LogP contribution >= 0.6 is 11.6 Å². The topological polar surface area (TPSA) is 96.9 Å². The molecule has 114 valence electrons. The molecule has 1 aromatic carbocycles. The van der Waals surface area contributed by atoms with Gasteiger partial charge in [-0.15, -0.1) is 0 Å². The van der Waals surface area contributed by atoms with Crippen LogP contribution in [-0.4, -0.2) is 29.7 Å². The highest BCUT2D eigenvalue weighted by Gasteiger charge is 2.33. The average Bonchev–Trinajstić information content (AvgIpc) is 2.95. The first-order valence-corrected chi connectivity index (χ1v) is 7.14. The van der Waals surface area contributed by atoms with Crippen molar-refractivity contribution in [2.45, 2.75) is 25.9 Å². The third-order valence-electron chi connectivity index (χ3n) is 3.57. The van der Waals surface area contributed by atoms with E-state index in [1.807, 2.05) is 6.92 Å². The molecule has 1 saturated heterocycles. The molecule has 2 rings (SSSR count). The zero-order chi connectivity index (χ0) is 15.4. The second-order valence-corrected chi connectivity index (χ2v) is 5.31. The van der Waals surface area contributed by atoms with E-state index in [0.717, 1.165) is 6.42 Å². The van der Waals surface area contributed by atoms with Gasteiger partial charge in [0.2, 0.25) is 5.91 Å². The molecular weight excluding hydrogens is 294 g/mol. The lowest BCUT2D eigenvalue weighted by Gasteiger charge is -2.18. The molecule has 1 fully saturated rings. The first-order valence-electron chi connectivity index (χ1n) is 6.76. The normalized spacial score (nSPS) is 22.3. The van der Waals surface area contributed by atoms with Gasteiger partial charge >= 0.3 is 0 Å². The minimum Gasteiger partial charge on any atom is -0.409 e. The SMILES string of the molecule is CCC1OCCC1C(=O)Nc1cc(Cl)ccc1/C(N)=N/O. The Kier molecular flexibility index (Phi) is 5.03. The molecule has 0 radical (unpaired) electrons. The molecule has 0 saturated carbocycles. The fraction of sp³-hybridized carbons (Fsp3) is 0.429. The maximum absolute atomic E-state index is 12.4. The van der Waals surface area contributed by atoms with Crippen molar-refractivity contribution in [3.63, 3.8) is 0 Å². The number of amidine groups is 1. The van der Waals surface area contributed by atoms with Crippen LogP contribution in [0.3, 0.4) is 0 Å². The first kappa shape index (κ1) is 15.6. The van der Waals surface area contributed by atoms with Gasteiger partial charge in [-0.1, -0.05) is 23.7 Å². The number of carbonyl (C=O) groups excluding carboxylic acids is 1. The van der Waals surface area contributed by atoms with Crippen molar-refractivity contribution in [1.29, 1.82) is 0 Å². The third-order valence-corrected chi connectivity index (χ3v) is 3.81. The summed E-state index contributed by atoms with van der Waals surface area (Å²) in [6.45, 7) is 2.57. The van der Waals surface area contributed by atoms with Crippen LogP contribution in [0.5, 0.6) is 0 Å².